The van der Waals surface area contributed by atoms with Crippen LogP contribution in [0.15, 0.2) is 18.2 Å². The number of H-pyrrole nitrogens is 1. The van der Waals surface area contributed by atoms with Crippen molar-refractivity contribution in [3.8, 4) is 5.75 Å². The van der Waals surface area contributed by atoms with Gasteiger partial charge >= 0.3 is 5.97 Å². The number of benzene rings is 1. The Bertz CT molecular complexity index is 662. The molecule has 0 saturated carbocycles. The smallest absolute Gasteiger partial charge is 0.308 e. The highest BCUT2D eigenvalue weighted by Crippen LogP contribution is 2.35. The van der Waals surface area contributed by atoms with Gasteiger partial charge in [-0.15, -0.1) is 0 Å². The fraction of sp³-hybridized carbons (Fsp3) is 0.400. The third kappa shape index (κ3) is 1.94. The first-order chi connectivity index (χ1) is 9.61. The van der Waals surface area contributed by atoms with E-state index >= 15 is 0 Å². The molecule has 1 aliphatic rings. The van der Waals surface area contributed by atoms with Gasteiger partial charge in [0, 0.05) is 16.6 Å². The van der Waals surface area contributed by atoms with Crippen molar-refractivity contribution in [2.45, 2.75) is 19.4 Å². The van der Waals surface area contributed by atoms with E-state index in [2.05, 4.69) is 10.3 Å². The molecule has 0 bridgehead atoms. The Balaban J connectivity index is 2.12. The summed E-state index contributed by atoms with van der Waals surface area (Å²) in [5, 5.41) is 13.7. The van der Waals surface area contributed by atoms with E-state index in [9.17, 15) is 9.90 Å². The van der Waals surface area contributed by atoms with Crippen molar-refractivity contribution in [1.29, 1.82) is 0 Å². The van der Waals surface area contributed by atoms with Gasteiger partial charge in [-0.3, -0.25) is 4.79 Å². The molecule has 0 spiro atoms. The maximum atomic E-state index is 11.3. The standard InChI is InChI=1S/C15H18N2O3/c1-8(15(18)19)13-14-10(5-6-16-13)11-7-9(20-2)3-4-12(11)17-14/h3-4,7-8,13,16-17H,5-6H2,1-2H3,(H,18,19). The lowest BCUT2D eigenvalue weighted by Crippen LogP contribution is -2.36. The normalized spacial score (nSPS) is 19.6. The van der Waals surface area contributed by atoms with Gasteiger partial charge in [-0.25, -0.2) is 0 Å². The topological polar surface area (TPSA) is 74.3 Å². The number of ether oxygens (including phenoxy) is 1. The van der Waals surface area contributed by atoms with Crippen LogP contribution < -0.4 is 10.1 Å². The molecule has 5 nitrogen and oxygen atoms in total. The van der Waals surface area contributed by atoms with Crippen LogP contribution in [-0.2, 0) is 11.2 Å². The lowest BCUT2D eigenvalue weighted by atomic mass is 9.91. The Morgan fingerprint density at radius 1 is 1.50 bits per heavy atom. The Kier molecular flexibility index (Phi) is 3.14. The summed E-state index contributed by atoms with van der Waals surface area (Å²) in [5.74, 6) is -0.434. The zero-order valence-corrected chi connectivity index (χ0v) is 11.6. The van der Waals surface area contributed by atoms with Gasteiger partial charge in [0.05, 0.1) is 19.1 Å². The molecule has 3 N–H and O–H groups in total. The Morgan fingerprint density at radius 3 is 3.00 bits per heavy atom. The summed E-state index contributed by atoms with van der Waals surface area (Å²) in [6, 6.07) is 5.73. The number of aliphatic carboxylic acids is 1. The molecule has 2 unspecified atom stereocenters. The minimum atomic E-state index is -0.786. The summed E-state index contributed by atoms with van der Waals surface area (Å²) in [7, 11) is 1.65. The van der Waals surface area contributed by atoms with Crippen molar-refractivity contribution in [2.75, 3.05) is 13.7 Å². The lowest BCUT2D eigenvalue weighted by Gasteiger charge is -2.27. The second-order valence-corrected chi connectivity index (χ2v) is 5.24. The van der Waals surface area contributed by atoms with Crippen molar-refractivity contribution in [2.24, 2.45) is 5.92 Å². The van der Waals surface area contributed by atoms with Crippen molar-refractivity contribution in [3.05, 3.63) is 29.5 Å². The highest BCUT2D eigenvalue weighted by Gasteiger charge is 2.31. The van der Waals surface area contributed by atoms with E-state index in [1.807, 2.05) is 18.2 Å². The second-order valence-electron chi connectivity index (χ2n) is 5.24. The summed E-state index contributed by atoms with van der Waals surface area (Å²) in [5.41, 5.74) is 3.23. The number of hydrogen-bond donors (Lipinski definition) is 3. The largest absolute Gasteiger partial charge is 0.497 e. The van der Waals surface area contributed by atoms with E-state index in [4.69, 9.17) is 4.74 Å². The summed E-state index contributed by atoms with van der Waals surface area (Å²) in [6.07, 6.45) is 0.894. The van der Waals surface area contributed by atoms with Gasteiger partial charge in [-0.05, 0) is 36.7 Å². The monoisotopic (exact) mass is 274 g/mol. The van der Waals surface area contributed by atoms with Gasteiger partial charge < -0.3 is 20.1 Å². The van der Waals surface area contributed by atoms with Gasteiger partial charge in [0.1, 0.15) is 5.75 Å². The lowest BCUT2D eigenvalue weighted by molar-refractivity contribution is -0.142. The number of rotatable bonds is 3. The molecule has 2 atom stereocenters. The van der Waals surface area contributed by atoms with E-state index < -0.39 is 11.9 Å². The molecular formula is C15H18N2O3. The predicted octanol–water partition coefficient (Wildman–Crippen LogP) is 2.08. The van der Waals surface area contributed by atoms with E-state index in [-0.39, 0.29) is 6.04 Å². The molecule has 1 aromatic heterocycles. The van der Waals surface area contributed by atoms with Crippen LogP contribution in [0.25, 0.3) is 10.9 Å². The third-order valence-electron chi connectivity index (χ3n) is 4.09. The predicted molar refractivity (Wildman–Crippen MR) is 76.1 cm³/mol. The first-order valence-corrected chi connectivity index (χ1v) is 6.76. The van der Waals surface area contributed by atoms with Gasteiger partial charge in [-0.2, -0.15) is 0 Å². The van der Waals surface area contributed by atoms with Gasteiger partial charge in [-0.1, -0.05) is 6.92 Å². The summed E-state index contributed by atoms with van der Waals surface area (Å²) in [4.78, 5) is 14.6. The molecule has 20 heavy (non-hydrogen) atoms. The molecule has 1 aromatic carbocycles. The zero-order valence-electron chi connectivity index (χ0n) is 11.6. The molecule has 0 amide bonds. The SMILES string of the molecule is COc1ccc2[nH]c3c(c2c1)CCNC3C(C)C(=O)O. The van der Waals surface area contributed by atoms with E-state index in [1.165, 1.54) is 5.56 Å². The quantitative estimate of drug-likeness (QED) is 0.801. The van der Waals surface area contributed by atoms with Crippen LogP contribution in [0.3, 0.4) is 0 Å². The van der Waals surface area contributed by atoms with Gasteiger partial charge in [0.15, 0.2) is 0 Å². The first-order valence-electron chi connectivity index (χ1n) is 6.76. The minimum Gasteiger partial charge on any atom is -0.497 e. The Labute approximate surface area is 116 Å². The zero-order chi connectivity index (χ0) is 14.3. The number of carboxylic acid groups (broad SMARTS) is 1. The number of hydrogen-bond acceptors (Lipinski definition) is 3. The summed E-state index contributed by atoms with van der Waals surface area (Å²) >= 11 is 0. The number of carboxylic acids is 1. The molecule has 3 rings (SSSR count). The van der Waals surface area contributed by atoms with Crippen LogP contribution in [0.2, 0.25) is 0 Å². The average molecular weight is 274 g/mol. The molecule has 106 valence electrons. The average Bonchev–Trinajstić information content (AvgIpc) is 2.83. The van der Waals surface area contributed by atoms with Crippen molar-refractivity contribution in [1.82, 2.24) is 10.3 Å². The highest BCUT2D eigenvalue weighted by molar-refractivity contribution is 5.87. The molecule has 2 heterocycles. The number of fused-ring (bicyclic) bond motifs is 3. The molecule has 0 aliphatic carbocycles. The van der Waals surface area contributed by atoms with E-state index in [0.29, 0.717) is 0 Å². The molecule has 0 radical (unpaired) electrons. The van der Waals surface area contributed by atoms with Gasteiger partial charge in [0.2, 0.25) is 0 Å². The Hall–Kier alpha value is -2.01. The number of carbonyl (C=O) groups is 1. The maximum Gasteiger partial charge on any atom is 0.308 e. The number of nitrogens with one attached hydrogen (secondary N) is 2. The van der Waals surface area contributed by atoms with Crippen molar-refractivity contribution in [3.63, 3.8) is 0 Å². The minimum absolute atomic E-state index is 0.172. The summed E-state index contributed by atoms with van der Waals surface area (Å²) < 4.78 is 5.27. The molecule has 5 heteroatoms. The summed E-state index contributed by atoms with van der Waals surface area (Å²) in [6.45, 7) is 2.53. The molecule has 1 aliphatic heterocycles. The first kappa shape index (κ1) is 13.0. The number of aromatic amines is 1. The third-order valence-corrected chi connectivity index (χ3v) is 4.09. The fourth-order valence-corrected chi connectivity index (χ4v) is 2.93. The van der Waals surface area contributed by atoms with Crippen LogP contribution in [-0.4, -0.2) is 29.7 Å². The van der Waals surface area contributed by atoms with Crippen molar-refractivity contribution < 1.29 is 14.6 Å². The van der Waals surface area contributed by atoms with Crippen LogP contribution in [0.5, 0.6) is 5.75 Å². The van der Waals surface area contributed by atoms with Crippen molar-refractivity contribution >= 4 is 16.9 Å². The molecule has 0 saturated heterocycles. The maximum absolute atomic E-state index is 11.3. The second kappa shape index (κ2) is 4.83. The highest BCUT2D eigenvalue weighted by atomic mass is 16.5. The van der Waals surface area contributed by atoms with E-state index in [1.54, 1.807) is 14.0 Å². The molecular weight excluding hydrogens is 256 g/mol. The Morgan fingerprint density at radius 2 is 2.30 bits per heavy atom. The molecule has 2 aromatic rings. The van der Waals surface area contributed by atoms with Crippen LogP contribution in [0.1, 0.15) is 24.2 Å². The van der Waals surface area contributed by atoms with Crippen LogP contribution in [0, 0.1) is 5.92 Å². The number of methoxy groups -OCH3 is 1. The van der Waals surface area contributed by atoms with E-state index in [0.717, 1.165) is 35.3 Å². The number of aromatic nitrogens is 1. The van der Waals surface area contributed by atoms with Crippen LogP contribution in [0.4, 0.5) is 0 Å². The van der Waals surface area contributed by atoms with Crippen LogP contribution >= 0.6 is 0 Å². The van der Waals surface area contributed by atoms with Gasteiger partial charge in [0.25, 0.3) is 0 Å². The molecule has 0 fully saturated rings. The fourth-order valence-electron chi connectivity index (χ4n) is 2.93.